The molecule has 2 aromatic rings. The summed E-state index contributed by atoms with van der Waals surface area (Å²) >= 11 is 3.28. The first-order valence-electron chi connectivity index (χ1n) is 6.52. The normalized spacial score (nSPS) is 13.3. The second-order valence-electron chi connectivity index (χ2n) is 4.45. The standard InChI is InChI=1S/C15H9BrF3N5/c16-11-3-7-13(8-4-11)22-24-14(9-20)23-21-12-5-1-10(2-6-12)15(17,18)19/h1-8,14H. The van der Waals surface area contributed by atoms with E-state index in [-0.39, 0.29) is 5.69 Å². The molecule has 9 heteroatoms. The van der Waals surface area contributed by atoms with Crippen molar-refractivity contribution in [2.45, 2.75) is 12.3 Å². The molecule has 1 unspecified atom stereocenters. The molecule has 0 spiro atoms. The lowest BCUT2D eigenvalue weighted by molar-refractivity contribution is -0.137. The van der Waals surface area contributed by atoms with Gasteiger partial charge in [0.25, 0.3) is 6.17 Å². The molecule has 24 heavy (non-hydrogen) atoms. The number of hydrogen-bond donors (Lipinski definition) is 0. The zero-order valence-corrected chi connectivity index (χ0v) is 13.5. The molecule has 0 heterocycles. The highest BCUT2D eigenvalue weighted by Gasteiger charge is 2.29. The maximum atomic E-state index is 12.4. The molecular formula is C15H9BrF3N5. The predicted octanol–water partition coefficient (Wildman–Crippen LogP) is 6.19. The van der Waals surface area contributed by atoms with E-state index in [1.807, 2.05) is 0 Å². The van der Waals surface area contributed by atoms with E-state index in [0.717, 1.165) is 28.7 Å². The monoisotopic (exact) mass is 395 g/mol. The second kappa shape index (κ2) is 7.79. The molecule has 0 amide bonds. The highest BCUT2D eigenvalue weighted by atomic mass is 79.9. The number of benzene rings is 2. The summed E-state index contributed by atoms with van der Waals surface area (Å²) in [6.07, 6.45) is -5.60. The maximum absolute atomic E-state index is 12.4. The van der Waals surface area contributed by atoms with Gasteiger partial charge in [0.1, 0.15) is 6.07 Å². The number of azo groups is 2. The van der Waals surface area contributed by atoms with Gasteiger partial charge >= 0.3 is 6.18 Å². The van der Waals surface area contributed by atoms with Gasteiger partial charge in [-0.1, -0.05) is 15.9 Å². The van der Waals surface area contributed by atoms with E-state index in [1.54, 1.807) is 30.3 Å². The number of nitrogens with zero attached hydrogens (tertiary/aromatic N) is 5. The lowest BCUT2D eigenvalue weighted by Crippen LogP contribution is -2.03. The summed E-state index contributed by atoms with van der Waals surface area (Å²) in [5.41, 5.74) is -0.0709. The minimum Gasteiger partial charge on any atom is -0.194 e. The van der Waals surface area contributed by atoms with Gasteiger partial charge < -0.3 is 0 Å². The molecule has 0 aliphatic heterocycles. The molecule has 0 saturated carbocycles. The Kier molecular flexibility index (Phi) is 5.76. The van der Waals surface area contributed by atoms with Crippen molar-refractivity contribution in [3.63, 3.8) is 0 Å². The Labute approximate surface area is 143 Å². The fourth-order valence-corrected chi connectivity index (χ4v) is 1.81. The van der Waals surface area contributed by atoms with Crippen LogP contribution >= 0.6 is 15.9 Å². The van der Waals surface area contributed by atoms with E-state index in [0.29, 0.717) is 5.69 Å². The Morgan fingerprint density at radius 1 is 0.875 bits per heavy atom. The molecule has 1 atom stereocenters. The molecule has 0 N–H and O–H groups in total. The van der Waals surface area contributed by atoms with Crippen LogP contribution in [0.15, 0.2) is 73.5 Å². The van der Waals surface area contributed by atoms with E-state index in [4.69, 9.17) is 5.26 Å². The molecule has 122 valence electrons. The van der Waals surface area contributed by atoms with Crippen molar-refractivity contribution in [2.24, 2.45) is 20.5 Å². The molecule has 2 rings (SSSR count). The van der Waals surface area contributed by atoms with Crippen molar-refractivity contribution in [3.05, 3.63) is 58.6 Å². The number of rotatable bonds is 4. The van der Waals surface area contributed by atoms with E-state index < -0.39 is 17.9 Å². The zero-order valence-electron chi connectivity index (χ0n) is 11.9. The Balaban J connectivity index is 2.05. The van der Waals surface area contributed by atoms with Crippen LogP contribution in [0.25, 0.3) is 0 Å². The summed E-state index contributed by atoms with van der Waals surface area (Å²) in [6.45, 7) is 0. The topological polar surface area (TPSA) is 73.2 Å². The summed E-state index contributed by atoms with van der Waals surface area (Å²) in [6, 6.07) is 12.8. The van der Waals surface area contributed by atoms with Gasteiger partial charge in [0.15, 0.2) is 0 Å². The first kappa shape index (κ1) is 17.7. The summed E-state index contributed by atoms with van der Waals surface area (Å²) in [5, 5.41) is 23.9. The van der Waals surface area contributed by atoms with Crippen LogP contribution < -0.4 is 0 Å². The lowest BCUT2D eigenvalue weighted by Gasteiger charge is -2.05. The van der Waals surface area contributed by atoms with Gasteiger partial charge in [-0.25, -0.2) is 0 Å². The molecule has 0 fully saturated rings. The van der Waals surface area contributed by atoms with Crippen molar-refractivity contribution in [1.82, 2.24) is 0 Å². The van der Waals surface area contributed by atoms with Gasteiger partial charge in [-0.05, 0) is 48.5 Å². The molecule has 2 aromatic carbocycles. The van der Waals surface area contributed by atoms with Gasteiger partial charge in [-0.3, -0.25) is 0 Å². The van der Waals surface area contributed by atoms with Crippen molar-refractivity contribution in [1.29, 1.82) is 5.26 Å². The predicted molar refractivity (Wildman–Crippen MR) is 84.0 cm³/mol. The average Bonchev–Trinajstić information content (AvgIpc) is 2.56. The van der Waals surface area contributed by atoms with Crippen molar-refractivity contribution >= 4 is 27.3 Å². The molecule has 0 bridgehead atoms. The van der Waals surface area contributed by atoms with Crippen LogP contribution in [0.1, 0.15) is 5.56 Å². The van der Waals surface area contributed by atoms with Crippen LogP contribution in [-0.4, -0.2) is 6.17 Å². The highest BCUT2D eigenvalue weighted by molar-refractivity contribution is 9.10. The fraction of sp³-hybridized carbons (Fsp3) is 0.133. The Morgan fingerprint density at radius 2 is 1.33 bits per heavy atom. The molecule has 0 radical (unpaired) electrons. The van der Waals surface area contributed by atoms with Crippen LogP contribution in [-0.2, 0) is 6.18 Å². The van der Waals surface area contributed by atoms with E-state index in [2.05, 4.69) is 36.4 Å². The van der Waals surface area contributed by atoms with E-state index in [1.165, 1.54) is 0 Å². The number of halogens is 4. The lowest BCUT2D eigenvalue weighted by atomic mass is 10.2. The Bertz CT molecular complexity index is 777. The first-order valence-corrected chi connectivity index (χ1v) is 7.32. The minimum atomic E-state index is -4.41. The number of alkyl halides is 3. The third-order valence-electron chi connectivity index (χ3n) is 2.70. The highest BCUT2D eigenvalue weighted by Crippen LogP contribution is 2.30. The van der Waals surface area contributed by atoms with Gasteiger partial charge in [0.2, 0.25) is 0 Å². The third-order valence-corrected chi connectivity index (χ3v) is 3.23. The minimum absolute atomic E-state index is 0.182. The van der Waals surface area contributed by atoms with Crippen molar-refractivity contribution < 1.29 is 13.2 Å². The molecule has 0 saturated heterocycles. The van der Waals surface area contributed by atoms with Gasteiger partial charge in [-0.15, -0.1) is 10.2 Å². The molecule has 5 nitrogen and oxygen atoms in total. The van der Waals surface area contributed by atoms with Crippen LogP contribution in [0.3, 0.4) is 0 Å². The summed E-state index contributed by atoms with van der Waals surface area (Å²) in [7, 11) is 0. The average molecular weight is 396 g/mol. The number of hydrogen-bond acceptors (Lipinski definition) is 5. The Morgan fingerprint density at radius 3 is 1.75 bits per heavy atom. The number of nitriles is 1. The van der Waals surface area contributed by atoms with Crippen LogP contribution in [0.5, 0.6) is 0 Å². The first-order chi connectivity index (χ1) is 11.4. The van der Waals surface area contributed by atoms with Crippen LogP contribution in [0.4, 0.5) is 24.5 Å². The summed E-state index contributed by atoms with van der Waals surface area (Å²) in [4.78, 5) is 0. The van der Waals surface area contributed by atoms with E-state index >= 15 is 0 Å². The zero-order chi connectivity index (χ0) is 17.6. The van der Waals surface area contributed by atoms with Gasteiger partial charge in [-0.2, -0.15) is 28.7 Å². The van der Waals surface area contributed by atoms with Crippen molar-refractivity contribution in [3.8, 4) is 6.07 Å². The second-order valence-corrected chi connectivity index (χ2v) is 5.37. The van der Waals surface area contributed by atoms with Gasteiger partial charge in [0, 0.05) is 4.47 Å². The van der Waals surface area contributed by atoms with Crippen molar-refractivity contribution in [2.75, 3.05) is 0 Å². The summed E-state index contributed by atoms with van der Waals surface area (Å²) < 4.78 is 38.2. The fourth-order valence-electron chi connectivity index (χ4n) is 1.54. The molecular weight excluding hydrogens is 387 g/mol. The van der Waals surface area contributed by atoms with Gasteiger partial charge in [0.05, 0.1) is 16.9 Å². The molecule has 0 aromatic heterocycles. The quantitative estimate of drug-likeness (QED) is 0.569. The smallest absolute Gasteiger partial charge is 0.194 e. The summed E-state index contributed by atoms with van der Waals surface area (Å²) in [5.74, 6) is 0. The SMILES string of the molecule is N#CC(N=Nc1ccc(Br)cc1)N=Nc1ccc(C(F)(F)F)cc1. The van der Waals surface area contributed by atoms with Crippen LogP contribution in [0, 0.1) is 11.3 Å². The Hall–Kier alpha value is -2.60. The molecule has 0 aliphatic carbocycles. The maximum Gasteiger partial charge on any atom is 0.416 e. The molecule has 0 aliphatic rings. The van der Waals surface area contributed by atoms with E-state index in [9.17, 15) is 13.2 Å². The van der Waals surface area contributed by atoms with Crippen LogP contribution in [0.2, 0.25) is 0 Å². The third kappa shape index (κ3) is 5.24. The largest absolute Gasteiger partial charge is 0.416 e.